The second kappa shape index (κ2) is 12.3. The lowest BCUT2D eigenvalue weighted by Gasteiger charge is -2.40. The van der Waals surface area contributed by atoms with Crippen LogP contribution in [0.5, 0.6) is 0 Å². The number of unbranched alkanes of at least 4 members (excludes halogenated alkanes) is 1. The summed E-state index contributed by atoms with van der Waals surface area (Å²) in [4.78, 5) is 37.7. The summed E-state index contributed by atoms with van der Waals surface area (Å²) in [6.07, 6.45) is 2.02. The Labute approximate surface area is 210 Å². The average Bonchev–Trinajstić information content (AvgIpc) is 2.80. The molecular weight excluding hydrogens is 472 g/mol. The quantitative estimate of drug-likeness (QED) is 0.238. The molecule has 8 nitrogen and oxygen atoms in total. The minimum atomic E-state index is -0.130. The first kappa shape index (κ1) is 26.1. The minimum Gasteiger partial charge on any atom is -0.353 e. The molecule has 184 valence electrons. The van der Waals surface area contributed by atoms with E-state index in [0.717, 1.165) is 24.1 Å². The molecule has 1 aliphatic rings. The summed E-state index contributed by atoms with van der Waals surface area (Å²) in [5, 5.41) is 6.67. The highest BCUT2D eigenvalue weighted by Gasteiger charge is 2.28. The molecule has 10 heteroatoms. The van der Waals surface area contributed by atoms with Crippen molar-refractivity contribution in [1.29, 1.82) is 0 Å². The lowest BCUT2D eigenvalue weighted by molar-refractivity contribution is -0.113. The molecule has 3 rings (SSSR count). The fourth-order valence-electron chi connectivity index (χ4n) is 3.70. The molecule has 1 atom stereocenters. The van der Waals surface area contributed by atoms with Crippen molar-refractivity contribution in [1.82, 2.24) is 20.2 Å². The zero-order chi connectivity index (χ0) is 24.7. The Hall–Kier alpha value is -2.52. The largest absolute Gasteiger partial charge is 0.353 e. The number of piperazine rings is 1. The standard InChI is InChI=1S/C24H33ClN6O2S/c1-5-6-9-26-24(33)31-11-10-30(14-18(31)4)21-13-20(25)28-23(29-21)34-15-22(32)27-19-8-7-16(2)17(3)12-19/h7-8,12-13,18H,5-6,9-11,14-15H2,1-4H3,(H,26,33)(H,27,32). The van der Waals surface area contributed by atoms with Crippen LogP contribution >= 0.6 is 23.4 Å². The number of benzene rings is 1. The van der Waals surface area contributed by atoms with Gasteiger partial charge in [-0.1, -0.05) is 42.8 Å². The Morgan fingerprint density at radius 1 is 1.18 bits per heavy atom. The monoisotopic (exact) mass is 504 g/mol. The van der Waals surface area contributed by atoms with E-state index >= 15 is 0 Å². The van der Waals surface area contributed by atoms with Crippen LogP contribution in [0, 0.1) is 13.8 Å². The van der Waals surface area contributed by atoms with Crippen molar-refractivity contribution < 1.29 is 9.59 Å². The number of aromatic nitrogens is 2. The zero-order valence-corrected chi connectivity index (χ0v) is 21.8. The van der Waals surface area contributed by atoms with Gasteiger partial charge < -0.3 is 20.4 Å². The number of nitrogens with zero attached hydrogens (tertiary/aromatic N) is 4. The number of hydrogen-bond acceptors (Lipinski definition) is 6. The summed E-state index contributed by atoms with van der Waals surface area (Å²) in [7, 11) is 0. The van der Waals surface area contributed by atoms with Gasteiger partial charge in [-0.2, -0.15) is 0 Å². The summed E-state index contributed by atoms with van der Waals surface area (Å²) in [6.45, 7) is 10.8. The van der Waals surface area contributed by atoms with Gasteiger partial charge in [-0.15, -0.1) is 0 Å². The van der Waals surface area contributed by atoms with E-state index in [2.05, 4.69) is 32.4 Å². The smallest absolute Gasteiger partial charge is 0.317 e. The SMILES string of the molecule is CCCCNC(=O)N1CCN(c2cc(Cl)nc(SCC(=O)Nc3ccc(C)c(C)c3)n2)CC1C. The van der Waals surface area contributed by atoms with Crippen molar-refractivity contribution in [3.05, 3.63) is 40.5 Å². The first-order valence-corrected chi connectivity index (χ1v) is 13.0. The highest BCUT2D eigenvalue weighted by molar-refractivity contribution is 7.99. The number of urea groups is 1. The van der Waals surface area contributed by atoms with E-state index in [1.807, 2.05) is 43.9 Å². The van der Waals surface area contributed by atoms with Gasteiger partial charge in [-0.3, -0.25) is 4.79 Å². The van der Waals surface area contributed by atoms with Crippen LogP contribution in [0.4, 0.5) is 16.3 Å². The van der Waals surface area contributed by atoms with Crippen molar-refractivity contribution in [3.63, 3.8) is 0 Å². The number of carbonyl (C=O) groups excluding carboxylic acids is 2. The van der Waals surface area contributed by atoms with E-state index in [0.29, 0.717) is 42.3 Å². The van der Waals surface area contributed by atoms with Crippen LogP contribution < -0.4 is 15.5 Å². The predicted octanol–water partition coefficient (Wildman–Crippen LogP) is 4.50. The lowest BCUT2D eigenvalue weighted by atomic mass is 10.1. The number of halogens is 1. The first-order chi connectivity index (χ1) is 16.3. The Morgan fingerprint density at radius 3 is 2.68 bits per heavy atom. The van der Waals surface area contributed by atoms with Gasteiger partial charge >= 0.3 is 6.03 Å². The maximum atomic E-state index is 12.5. The fraction of sp³-hybridized carbons (Fsp3) is 0.500. The fourth-order valence-corrected chi connectivity index (χ4v) is 4.58. The van der Waals surface area contributed by atoms with Crippen LogP contribution in [-0.2, 0) is 4.79 Å². The topological polar surface area (TPSA) is 90.5 Å². The normalized spacial score (nSPS) is 15.9. The molecule has 0 bridgehead atoms. The van der Waals surface area contributed by atoms with E-state index in [4.69, 9.17) is 11.6 Å². The Morgan fingerprint density at radius 2 is 1.97 bits per heavy atom. The molecule has 1 unspecified atom stereocenters. The number of aryl methyl sites for hydroxylation is 2. The van der Waals surface area contributed by atoms with E-state index in [1.165, 1.54) is 17.3 Å². The molecule has 0 aliphatic carbocycles. The second-order valence-corrected chi connectivity index (χ2v) is 9.87. The highest BCUT2D eigenvalue weighted by atomic mass is 35.5. The third kappa shape index (κ3) is 7.24. The van der Waals surface area contributed by atoms with Crippen molar-refractivity contribution >= 4 is 46.8 Å². The number of anilines is 2. The van der Waals surface area contributed by atoms with Gasteiger partial charge in [0, 0.05) is 44.0 Å². The molecule has 2 aromatic rings. The molecule has 1 saturated heterocycles. The van der Waals surface area contributed by atoms with E-state index in [-0.39, 0.29) is 23.7 Å². The maximum Gasteiger partial charge on any atom is 0.317 e. The highest BCUT2D eigenvalue weighted by Crippen LogP contribution is 2.24. The van der Waals surface area contributed by atoms with Gasteiger partial charge in [-0.25, -0.2) is 14.8 Å². The summed E-state index contributed by atoms with van der Waals surface area (Å²) >= 11 is 7.51. The minimum absolute atomic E-state index is 0.0210. The molecule has 3 amide bonds. The number of rotatable bonds is 8. The second-order valence-electron chi connectivity index (χ2n) is 8.54. The van der Waals surface area contributed by atoms with Crippen LogP contribution in [0.25, 0.3) is 0 Å². The van der Waals surface area contributed by atoms with Crippen LogP contribution in [0.3, 0.4) is 0 Å². The van der Waals surface area contributed by atoms with Gasteiger partial charge in [-0.05, 0) is 50.5 Å². The molecule has 1 aliphatic heterocycles. The summed E-state index contributed by atoms with van der Waals surface area (Å²) in [5.41, 5.74) is 3.08. The van der Waals surface area contributed by atoms with Gasteiger partial charge in [0.25, 0.3) is 0 Å². The number of thioether (sulfide) groups is 1. The predicted molar refractivity (Wildman–Crippen MR) is 139 cm³/mol. The number of carbonyl (C=O) groups is 2. The summed E-state index contributed by atoms with van der Waals surface area (Å²) in [6, 6.07) is 7.57. The number of amides is 3. The van der Waals surface area contributed by atoms with Crippen molar-refractivity contribution in [3.8, 4) is 0 Å². The van der Waals surface area contributed by atoms with Gasteiger partial charge in [0.2, 0.25) is 5.91 Å². The van der Waals surface area contributed by atoms with Gasteiger partial charge in [0.15, 0.2) is 5.16 Å². The molecule has 0 spiro atoms. The average molecular weight is 505 g/mol. The molecule has 1 aromatic carbocycles. The molecule has 34 heavy (non-hydrogen) atoms. The van der Waals surface area contributed by atoms with E-state index in [1.54, 1.807) is 6.07 Å². The molecule has 0 saturated carbocycles. The first-order valence-electron chi connectivity index (χ1n) is 11.6. The maximum absolute atomic E-state index is 12.5. The molecule has 2 N–H and O–H groups in total. The molecule has 1 fully saturated rings. The molecule has 2 heterocycles. The number of nitrogens with one attached hydrogen (secondary N) is 2. The zero-order valence-electron chi connectivity index (χ0n) is 20.2. The molecule has 0 radical (unpaired) electrons. The van der Waals surface area contributed by atoms with E-state index in [9.17, 15) is 9.59 Å². The number of hydrogen-bond donors (Lipinski definition) is 2. The summed E-state index contributed by atoms with van der Waals surface area (Å²) < 4.78 is 0. The van der Waals surface area contributed by atoms with Crippen LogP contribution in [0.15, 0.2) is 29.4 Å². The van der Waals surface area contributed by atoms with Crippen LogP contribution in [-0.4, -0.2) is 64.8 Å². The van der Waals surface area contributed by atoms with Crippen LogP contribution in [0.2, 0.25) is 5.15 Å². The van der Waals surface area contributed by atoms with Gasteiger partial charge in [0.1, 0.15) is 11.0 Å². The summed E-state index contributed by atoms with van der Waals surface area (Å²) in [5.74, 6) is 0.749. The molecular formula is C24H33ClN6O2S. The van der Waals surface area contributed by atoms with Gasteiger partial charge in [0.05, 0.1) is 5.75 Å². The van der Waals surface area contributed by atoms with Crippen molar-refractivity contribution in [2.45, 2.75) is 51.7 Å². The third-order valence-corrected chi connectivity index (χ3v) is 6.84. The Kier molecular flexibility index (Phi) is 9.41. The molecule has 1 aromatic heterocycles. The van der Waals surface area contributed by atoms with Crippen molar-refractivity contribution in [2.24, 2.45) is 0 Å². The Balaban J connectivity index is 1.56. The van der Waals surface area contributed by atoms with Crippen molar-refractivity contribution in [2.75, 3.05) is 42.1 Å². The third-order valence-electron chi connectivity index (χ3n) is 5.80. The Bertz CT molecular complexity index is 1020. The lowest BCUT2D eigenvalue weighted by Crippen LogP contribution is -2.56. The van der Waals surface area contributed by atoms with Crippen LogP contribution in [0.1, 0.15) is 37.8 Å². The van der Waals surface area contributed by atoms with E-state index < -0.39 is 0 Å².